The molecule has 1 aromatic heterocycles. The number of likely N-dealkylation sites (N-methyl/N-ethyl adjacent to an activating group) is 1. The molecule has 3 rings (SSSR count). The summed E-state index contributed by atoms with van der Waals surface area (Å²) in [6.45, 7) is 9.89. The molecular weight excluding hydrogens is 336 g/mol. The van der Waals surface area contributed by atoms with E-state index in [-0.39, 0.29) is 31.6 Å². The smallest absolute Gasteiger partial charge is 0.410 e. The highest BCUT2D eigenvalue weighted by Gasteiger charge is 2.40. The van der Waals surface area contributed by atoms with Crippen LogP contribution in [0.1, 0.15) is 56.4 Å². The summed E-state index contributed by atoms with van der Waals surface area (Å²) in [5.41, 5.74) is 0.388. The standard InChI is InChI=1S/C18H28N4O4/c1-11-7-13-12(8-21(11)16(24)26-17(2,3)4)14-15(23)20(6)9-18(5,25)10-22(14)19-13/h11,25H,7-10H2,1-6H3/t11-,18?/m1/s1. The summed E-state index contributed by atoms with van der Waals surface area (Å²) in [6, 6.07) is -0.0789. The summed E-state index contributed by atoms with van der Waals surface area (Å²) in [7, 11) is 1.67. The van der Waals surface area contributed by atoms with Crippen molar-refractivity contribution in [3.63, 3.8) is 0 Å². The lowest BCUT2D eigenvalue weighted by atomic mass is 9.99. The van der Waals surface area contributed by atoms with Gasteiger partial charge in [-0.25, -0.2) is 4.79 Å². The fourth-order valence-corrected chi connectivity index (χ4v) is 3.65. The molecule has 1 unspecified atom stereocenters. The van der Waals surface area contributed by atoms with Crippen LogP contribution >= 0.6 is 0 Å². The number of aromatic nitrogens is 2. The first-order valence-electron chi connectivity index (χ1n) is 8.94. The summed E-state index contributed by atoms with van der Waals surface area (Å²) < 4.78 is 7.11. The lowest BCUT2D eigenvalue weighted by Gasteiger charge is -2.34. The van der Waals surface area contributed by atoms with E-state index in [2.05, 4.69) is 5.10 Å². The van der Waals surface area contributed by atoms with Crippen molar-refractivity contribution in [1.82, 2.24) is 19.6 Å². The molecule has 0 aromatic carbocycles. The van der Waals surface area contributed by atoms with Crippen molar-refractivity contribution in [2.75, 3.05) is 13.6 Å². The van der Waals surface area contributed by atoms with Gasteiger partial charge in [0.2, 0.25) is 0 Å². The van der Waals surface area contributed by atoms with Gasteiger partial charge >= 0.3 is 6.09 Å². The van der Waals surface area contributed by atoms with Crippen LogP contribution < -0.4 is 0 Å². The molecule has 0 spiro atoms. The molecule has 1 N–H and O–H groups in total. The van der Waals surface area contributed by atoms with Crippen LogP contribution in [0.2, 0.25) is 0 Å². The molecule has 3 heterocycles. The molecule has 0 saturated carbocycles. The van der Waals surface area contributed by atoms with Gasteiger partial charge in [-0.05, 0) is 34.6 Å². The molecule has 0 saturated heterocycles. The second-order valence-electron chi connectivity index (χ2n) is 8.75. The highest BCUT2D eigenvalue weighted by Crippen LogP contribution is 2.30. The number of β-amino-alcohol motifs (C(OH)–C–C–N with tert-alkyl or cyclic N) is 1. The van der Waals surface area contributed by atoms with Crippen molar-refractivity contribution in [2.45, 2.75) is 71.4 Å². The second kappa shape index (κ2) is 5.97. The van der Waals surface area contributed by atoms with Gasteiger partial charge in [-0.15, -0.1) is 0 Å². The average Bonchev–Trinajstić information content (AvgIpc) is 2.74. The van der Waals surface area contributed by atoms with E-state index >= 15 is 0 Å². The Labute approximate surface area is 153 Å². The van der Waals surface area contributed by atoms with E-state index in [0.717, 1.165) is 11.3 Å². The van der Waals surface area contributed by atoms with E-state index in [0.29, 0.717) is 12.1 Å². The highest BCUT2D eigenvalue weighted by molar-refractivity contribution is 5.94. The van der Waals surface area contributed by atoms with Crippen molar-refractivity contribution in [2.24, 2.45) is 0 Å². The molecule has 8 nitrogen and oxygen atoms in total. The van der Waals surface area contributed by atoms with Gasteiger partial charge in [0, 0.05) is 25.1 Å². The van der Waals surface area contributed by atoms with E-state index in [1.807, 2.05) is 27.7 Å². The molecule has 26 heavy (non-hydrogen) atoms. The maximum absolute atomic E-state index is 12.9. The van der Waals surface area contributed by atoms with E-state index in [1.165, 1.54) is 4.90 Å². The SMILES string of the molecule is C[C@@H]1Cc2nn3c(c2CN1C(=O)OC(C)(C)C)C(=O)N(C)CC(C)(O)C3. The monoisotopic (exact) mass is 364 g/mol. The van der Waals surface area contributed by atoms with Crippen LogP contribution in [-0.4, -0.2) is 67.5 Å². The van der Waals surface area contributed by atoms with Gasteiger partial charge in [-0.3, -0.25) is 9.48 Å². The molecule has 0 aliphatic carbocycles. The highest BCUT2D eigenvalue weighted by atomic mass is 16.6. The van der Waals surface area contributed by atoms with Gasteiger partial charge < -0.3 is 19.6 Å². The molecule has 0 bridgehead atoms. The minimum Gasteiger partial charge on any atom is -0.444 e. The molecule has 1 aromatic rings. The Kier molecular flexibility index (Phi) is 4.29. The summed E-state index contributed by atoms with van der Waals surface area (Å²) in [5.74, 6) is -0.185. The Morgan fingerprint density at radius 1 is 1.35 bits per heavy atom. The topological polar surface area (TPSA) is 87.9 Å². The number of amides is 2. The number of carbonyl (C=O) groups is 2. The lowest BCUT2D eigenvalue weighted by Crippen LogP contribution is -2.45. The Morgan fingerprint density at radius 3 is 2.62 bits per heavy atom. The summed E-state index contributed by atoms with van der Waals surface area (Å²) in [4.78, 5) is 28.6. The maximum Gasteiger partial charge on any atom is 0.410 e. The van der Waals surface area contributed by atoms with Gasteiger partial charge in [0.05, 0.1) is 30.9 Å². The van der Waals surface area contributed by atoms with Crippen molar-refractivity contribution < 1.29 is 19.4 Å². The Bertz CT molecular complexity index is 747. The van der Waals surface area contributed by atoms with Crippen LogP contribution in [-0.2, 0) is 24.2 Å². The largest absolute Gasteiger partial charge is 0.444 e. The second-order valence-corrected chi connectivity index (χ2v) is 8.75. The normalized spacial score (nSPS) is 26.3. The van der Waals surface area contributed by atoms with Gasteiger partial charge in [0.1, 0.15) is 11.3 Å². The number of aliphatic hydroxyl groups is 1. The average molecular weight is 364 g/mol. The number of nitrogens with zero attached hydrogens (tertiary/aromatic N) is 4. The number of carbonyl (C=O) groups excluding carboxylic acids is 2. The zero-order valence-corrected chi connectivity index (χ0v) is 16.4. The molecule has 2 aliphatic heterocycles. The minimum absolute atomic E-state index is 0.0789. The third-order valence-corrected chi connectivity index (χ3v) is 4.73. The Hall–Kier alpha value is -2.09. The fraction of sp³-hybridized carbons (Fsp3) is 0.722. The van der Waals surface area contributed by atoms with Gasteiger partial charge in [0.15, 0.2) is 0 Å². The number of rotatable bonds is 0. The minimum atomic E-state index is -1.05. The van der Waals surface area contributed by atoms with E-state index in [1.54, 1.807) is 23.6 Å². The van der Waals surface area contributed by atoms with Crippen molar-refractivity contribution in [3.05, 3.63) is 17.0 Å². The molecule has 2 amide bonds. The number of hydrogen-bond acceptors (Lipinski definition) is 5. The quantitative estimate of drug-likeness (QED) is 0.752. The Morgan fingerprint density at radius 2 is 2.00 bits per heavy atom. The van der Waals surface area contributed by atoms with E-state index in [9.17, 15) is 14.7 Å². The van der Waals surface area contributed by atoms with E-state index < -0.39 is 17.3 Å². The van der Waals surface area contributed by atoms with Crippen LogP contribution in [0.25, 0.3) is 0 Å². The van der Waals surface area contributed by atoms with Crippen LogP contribution in [0.15, 0.2) is 0 Å². The van der Waals surface area contributed by atoms with Crippen LogP contribution in [0.4, 0.5) is 4.79 Å². The Balaban J connectivity index is 1.97. The first kappa shape index (κ1) is 18.7. The third kappa shape index (κ3) is 3.42. The lowest BCUT2D eigenvalue weighted by molar-refractivity contribution is 0.0133. The first-order chi connectivity index (χ1) is 11.9. The maximum atomic E-state index is 12.9. The zero-order valence-electron chi connectivity index (χ0n) is 16.4. The van der Waals surface area contributed by atoms with Crippen molar-refractivity contribution in [3.8, 4) is 0 Å². The van der Waals surface area contributed by atoms with Crippen molar-refractivity contribution in [1.29, 1.82) is 0 Å². The van der Waals surface area contributed by atoms with Crippen LogP contribution in [0.5, 0.6) is 0 Å². The van der Waals surface area contributed by atoms with Gasteiger partial charge in [0.25, 0.3) is 5.91 Å². The van der Waals surface area contributed by atoms with Gasteiger partial charge in [-0.1, -0.05) is 0 Å². The van der Waals surface area contributed by atoms with Crippen LogP contribution in [0, 0.1) is 0 Å². The zero-order chi connectivity index (χ0) is 19.4. The number of hydrogen-bond donors (Lipinski definition) is 1. The molecule has 8 heteroatoms. The molecule has 2 aliphatic rings. The summed E-state index contributed by atoms with van der Waals surface area (Å²) in [6.07, 6.45) is 0.158. The number of ether oxygens (including phenoxy) is 1. The molecule has 144 valence electrons. The molecule has 0 fully saturated rings. The third-order valence-electron chi connectivity index (χ3n) is 4.73. The van der Waals surface area contributed by atoms with Crippen LogP contribution in [0.3, 0.4) is 0 Å². The molecule has 0 radical (unpaired) electrons. The predicted octanol–water partition coefficient (Wildman–Crippen LogP) is 1.40. The first-order valence-corrected chi connectivity index (χ1v) is 8.94. The fourth-order valence-electron chi connectivity index (χ4n) is 3.65. The summed E-state index contributed by atoms with van der Waals surface area (Å²) in [5, 5.41) is 15.1. The predicted molar refractivity (Wildman–Crippen MR) is 94.8 cm³/mol. The van der Waals surface area contributed by atoms with Gasteiger partial charge in [-0.2, -0.15) is 5.10 Å². The molecule has 2 atom stereocenters. The molecular formula is C18H28N4O4. The van der Waals surface area contributed by atoms with Crippen molar-refractivity contribution >= 4 is 12.0 Å². The summed E-state index contributed by atoms with van der Waals surface area (Å²) >= 11 is 0. The number of fused-ring (bicyclic) bond motifs is 3. The van der Waals surface area contributed by atoms with E-state index in [4.69, 9.17) is 4.74 Å².